The van der Waals surface area contributed by atoms with Crippen LogP contribution in [0.4, 0.5) is 13.2 Å². The highest BCUT2D eigenvalue weighted by atomic mass is 35.5. The Morgan fingerprint density at radius 1 is 1.29 bits per heavy atom. The number of alkyl halides is 3. The summed E-state index contributed by atoms with van der Waals surface area (Å²) in [5.74, 6) is -0.104. The fourth-order valence-corrected chi connectivity index (χ4v) is 2.03. The summed E-state index contributed by atoms with van der Waals surface area (Å²) in [4.78, 5) is 11.6. The highest BCUT2D eigenvalue weighted by molar-refractivity contribution is 5.85. The van der Waals surface area contributed by atoms with Gasteiger partial charge in [0, 0.05) is 13.0 Å². The molecule has 8 heteroatoms. The van der Waals surface area contributed by atoms with Crippen LogP contribution in [0, 0.1) is 0 Å². The average molecular weight is 369 g/mol. The third-order valence-corrected chi connectivity index (χ3v) is 3.07. The number of rotatable bonds is 8. The van der Waals surface area contributed by atoms with Crippen molar-refractivity contribution in [1.82, 2.24) is 10.6 Å². The molecule has 0 atom stereocenters. The smallest absolute Gasteiger partial charge is 0.416 e. The maximum Gasteiger partial charge on any atom is 0.416 e. The molecule has 4 nitrogen and oxygen atoms in total. The molecule has 24 heavy (non-hydrogen) atoms. The molecular weight excluding hydrogens is 345 g/mol. The van der Waals surface area contributed by atoms with Crippen molar-refractivity contribution in [3.8, 4) is 5.75 Å². The number of benzene rings is 1. The van der Waals surface area contributed by atoms with Crippen LogP contribution in [0.3, 0.4) is 0 Å². The van der Waals surface area contributed by atoms with Gasteiger partial charge in [0.1, 0.15) is 5.75 Å². The van der Waals surface area contributed by atoms with Crippen molar-refractivity contribution >= 4 is 18.3 Å². The third-order valence-electron chi connectivity index (χ3n) is 3.07. The van der Waals surface area contributed by atoms with Crippen LogP contribution in [0.5, 0.6) is 5.75 Å². The second kappa shape index (κ2) is 10.4. The number of amides is 1. The van der Waals surface area contributed by atoms with Gasteiger partial charge in [-0.05, 0) is 51.6 Å². The lowest BCUT2D eigenvalue weighted by molar-refractivity contribution is -0.138. The van der Waals surface area contributed by atoms with E-state index in [1.807, 2.05) is 0 Å². The van der Waals surface area contributed by atoms with Crippen molar-refractivity contribution < 1.29 is 22.7 Å². The Morgan fingerprint density at radius 3 is 2.50 bits per heavy atom. The van der Waals surface area contributed by atoms with Crippen LogP contribution in [0.25, 0.3) is 0 Å². The van der Waals surface area contributed by atoms with E-state index in [-0.39, 0.29) is 48.7 Å². The van der Waals surface area contributed by atoms with Crippen LogP contribution in [0.1, 0.15) is 37.8 Å². The lowest BCUT2D eigenvalue weighted by Crippen LogP contribution is -2.25. The Bertz CT molecular complexity index is 523. The number of ether oxygens (including phenoxy) is 1. The van der Waals surface area contributed by atoms with Crippen LogP contribution in [-0.4, -0.2) is 25.6 Å². The molecule has 1 rings (SSSR count). The predicted molar refractivity (Wildman–Crippen MR) is 89.5 cm³/mol. The highest BCUT2D eigenvalue weighted by Crippen LogP contribution is 2.34. The number of hydrogen-bond donors (Lipinski definition) is 2. The van der Waals surface area contributed by atoms with Gasteiger partial charge in [0.25, 0.3) is 0 Å². The van der Waals surface area contributed by atoms with Crippen LogP contribution in [0.15, 0.2) is 18.2 Å². The van der Waals surface area contributed by atoms with Crippen LogP contribution in [-0.2, 0) is 17.5 Å². The highest BCUT2D eigenvalue weighted by Gasteiger charge is 2.33. The minimum absolute atomic E-state index is 0. The van der Waals surface area contributed by atoms with E-state index in [1.165, 1.54) is 12.1 Å². The van der Waals surface area contributed by atoms with Crippen LogP contribution >= 0.6 is 12.4 Å². The second-order valence-corrected chi connectivity index (χ2v) is 5.47. The van der Waals surface area contributed by atoms with Gasteiger partial charge in [-0.3, -0.25) is 4.79 Å². The Balaban J connectivity index is 0.00000529. The Labute approximate surface area is 146 Å². The van der Waals surface area contributed by atoms with E-state index in [1.54, 1.807) is 20.9 Å². The standard InChI is InChI=1S/C16H23F3N2O2.ClH/c1-11(2)23-13-7-6-12(14(9-13)16(17,18)19)10-21-15(22)5-4-8-20-3;/h6-7,9,11,20H,4-5,8,10H2,1-3H3,(H,21,22);1H. The molecule has 0 radical (unpaired) electrons. The molecule has 0 unspecified atom stereocenters. The Hall–Kier alpha value is -1.47. The topological polar surface area (TPSA) is 50.4 Å². The molecule has 0 fully saturated rings. The summed E-state index contributed by atoms with van der Waals surface area (Å²) in [6, 6.07) is 3.80. The summed E-state index contributed by atoms with van der Waals surface area (Å²) in [6.45, 7) is 4.01. The van der Waals surface area contributed by atoms with E-state index in [0.29, 0.717) is 13.0 Å². The summed E-state index contributed by atoms with van der Waals surface area (Å²) in [5.41, 5.74) is -0.762. The minimum atomic E-state index is -4.50. The van der Waals surface area contributed by atoms with Gasteiger partial charge in [-0.1, -0.05) is 6.07 Å². The maximum absolute atomic E-state index is 13.2. The van der Waals surface area contributed by atoms with Crippen molar-refractivity contribution in [2.75, 3.05) is 13.6 Å². The first-order valence-corrected chi connectivity index (χ1v) is 7.52. The van der Waals surface area contributed by atoms with E-state index in [4.69, 9.17) is 4.74 Å². The van der Waals surface area contributed by atoms with Gasteiger partial charge in [-0.25, -0.2) is 0 Å². The van der Waals surface area contributed by atoms with Crippen molar-refractivity contribution in [2.24, 2.45) is 0 Å². The molecular formula is C16H24ClF3N2O2. The summed E-state index contributed by atoms with van der Waals surface area (Å²) in [7, 11) is 1.77. The zero-order valence-electron chi connectivity index (χ0n) is 14.0. The molecule has 0 saturated carbocycles. The second-order valence-electron chi connectivity index (χ2n) is 5.47. The van der Waals surface area contributed by atoms with Gasteiger partial charge < -0.3 is 15.4 Å². The van der Waals surface area contributed by atoms with Crippen LogP contribution < -0.4 is 15.4 Å². The molecule has 0 spiro atoms. The molecule has 0 heterocycles. The predicted octanol–water partition coefficient (Wildman–Crippen LogP) is 3.53. The van der Waals surface area contributed by atoms with Gasteiger partial charge >= 0.3 is 6.18 Å². The molecule has 0 saturated heterocycles. The van der Waals surface area contributed by atoms with E-state index >= 15 is 0 Å². The summed E-state index contributed by atoms with van der Waals surface area (Å²) >= 11 is 0. The number of carbonyl (C=O) groups excluding carboxylic acids is 1. The molecule has 1 aromatic rings. The Kier molecular flexibility index (Phi) is 9.77. The van der Waals surface area contributed by atoms with Gasteiger partial charge in [0.05, 0.1) is 11.7 Å². The molecule has 0 aliphatic carbocycles. The zero-order chi connectivity index (χ0) is 17.5. The quantitative estimate of drug-likeness (QED) is 0.690. The molecule has 2 N–H and O–H groups in total. The van der Waals surface area contributed by atoms with Gasteiger partial charge in [0.2, 0.25) is 5.91 Å². The molecule has 0 bridgehead atoms. The summed E-state index contributed by atoms with van der Waals surface area (Å²) < 4.78 is 44.8. The fraction of sp³-hybridized carbons (Fsp3) is 0.562. The number of halogens is 4. The minimum Gasteiger partial charge on any atom is -0.491 e. The number of carbonyl (C=O) groups is 1. The Morgan fingerprint density at radius 2 is 1.96 bits per heavy atom. The van der Waals surface area contributed by atoms with E-state index in [0.717, 1.165) is 6.07 Å². The van der Waals surface area contributed by atoms with Crippen molar-refractivity contribution in [1.29, 1.82) is 0 Å². The van der Waals surface area contributed by atoms with E-state index < -0.39 is 11.7 Å². The molecule has 0 aliphatic rings. The summed E-state index contributed by atoms with van der Waals surface area (Å²) in [6.07, 6.45) is -3.80. The largest absolute Gasteiger partial charge is 0.491 e. The number of nitrogens with one attached hydrogen (secondary N) is 2. The van der Waals surface area contributed by atoms with E-state index in [2.05, 4.69) is 10.6 Å². The monoisotopic (exact) mass is 368 g/mol. The molecule has 1 aromatic carbocycles. The first-order chi connectivity index (χ1) is 10.7. The number of hydrogen-bond acceptors (Lipinski definition) is 3. The van der Waals surface area contributed by atoms with Gasteiger partial charge in [-0.2, -0.15) is 13.2 Å². The zero-order valence-corrected chi connectivity index (χ0v) is 14.8. The van der Waals surface area contributed by atoms with Gasteiger partial charge in [0.15, 0.2) is 0 Å². The molecule has 138 valence electrons. The van der Waals surface area contributed by atoms with Crippen molar-refractivity contribution in [3.63, 3.8) is 0 Å². The first-order valence-electron chi connectivity index (χ1n) is 7.52. The average Bonchev–Trinajstić information content (AvgIpc) is 2.44. The lowest BCUT2D eigenvalue weighted by Gasteiger charge is -2.17. The van der Waals surface area contributed by atoms with Gasteiger partial charge in [-0.15, -0.1) is 12.4 Å². The molecule has 0 aliphatic heterocycles. The first kappa shape index (κ1) is 22.5. The van der Waals surface area contributed by atoms with E-state index in [9.17, 15) is 18.0 Å². The normalized spacial score (nSPS) is 11.1. The summed E-state index contributed by atoms with van der Waals surface area (Å²) in [5, 5.41) is 5.43. The fourth-order valence-electron chi connectivity index (χ4n) is 2.03. The van der Waals surface area contributed by atoms with Crippen molar-refractivity contribution in [3.05, 3.63) is 29.3 Å². The van der Waals surface area contributed by atoms with Crippen molar-refractivity contribution in [2.45, 2.75) is 45.5 Å². The maximum atomic E-state index is 13.2. The SMILES string of the molecule is CNCCCC(=O)NCc1ccc(OC(C)C)cc1C(F)(F)F.Cl. The molecule has 1 amide bonds. The molecule has 0 aromatic heterocycles. The van der Waals surface area contributed by atoms with Crippen LogP contribution in [0.2, 0.25) is 0 Å². The third kappa shape index (κ3) is 7.88. The lowest BCUT2D eigenvalue weighted by atomic mass is 10.1.